The van der Waals surface area contributed by atoms with E-state index in [-0.39, 0.29) is 0 Å². The number of methoxy groups -OCH3 is 1. The van der Waals surface area contributed by atoms with Crippen molar-refractivity contribution in [1.29, 1.82) is 0 Å². The van der Waals surface area contributed by atoms with Gasteiger partial charge in [0.25, 0.3) is 0 Å². The van der Waals surface area contributed by atoms with E-state index in [1.165, 1.54) is 6.26 Å². The molecule has 0 aromatic heterocycles. The molecular formula is C10H20O4S. The summed E-state index contributed by atoms with van der Waals surface area (Å²) in [4.78, 5) is 0. The summed E-state index contributed by atoms with van der Waals surface area (Å²) in [7, 11) is -1.53. The van der Waals surface area contributed by atoms with Crippen molar-refractivity contribution in [1.82, 2.24) is 0 Å². The van der Waals surface area contributed by atoms with Crippen LogP contribution < -0.4 is 0 Å². The van der Waals surface area contributed by atoms with E-state index in [1.54, 1.807) is 7.11 Å². The van der Waals surface area contributed by atoms with Crippen LogP contribution in [0.5, 0.6) is 0 Å². The van der Waals surface area contributed by atoms with Gasteiger partial charge in [0.15, 0.2) is 9.84 Å². The molecule has 1 N–H and O–H groups in total. The summed E-state index contributed by atoms with van der Waals surface area (Å²) in [6, 6.07) is 0. The molecule has 0 aromatic carbocycles. The van der Waals surface area contributed by atoms with E-state index < -0.39 is 20.7 Å². The van der Waals surface area contributed by atoms with E-state index in [4.69, 9.17) is 4.74 Å². The zero-order valence-corrected chi connectivity index (χ0v) is 10.2. The first-order valence-electron chi connectivity index (χ1n) is 5.30. The summed E-state index contributed by atoms with van der Waals surface area (Å²) in [5.74, 6) is 0. The average molecular weight is 236 g/mol. The fourth-order valence-electron chi connectivity index (χ4n) is 2.44. The summed E-state index contributed by atoms with van der Waals surface area (Å²) >= 11 is 0. The maximum absolute atomic E-state index is 11.5. The van der Waals surface area contributed by atoms with Crippen molar-refractivity contribution in [3.8, 4) is 0 Å². The fourth-order valence-corrected chi connectivity index (χ4v) is 4.07. The molecule has 1 saturated carbocycles. The lowest BCUT2D eigenvalue weighted by Crippen LogP contribution is -2.42. The molecule has 0 saturated heterocycles. The third kappa shape index (κ3) is 3.16. The van der Waals surface area contributed by atoms with E-state index in [2.05, 4.69) is 0 Å². The first-order valence-corrected chi connectivity index (χ1v) is 7.26. The molecule has 90 valence electrons. The Bertz CT molecular complexity index is 299. The molecule has 0 aromatic rings. The molecule has 4 nitrogen and oxygen atoms in total. The first kappa shape index (κ1) is 12.9. The van der Waals surface area contributed by atoms with Crippen LogP contribution in [-0.4, -0.2) is 44.3 Å². The summed E-state index contributed by atoms with van der Waals surface area (Å²) in [6.45, 7) is 0.568. The number of hydrogen-bond donors (Lipinski definition) is 1. The maximum Gasteiger partial charge on any atom is 0.153 e. The number of aliphatic hydroxyl groups is 1. The Balaban J connectivity index is 2.65. The van der Waals surface area contributed by atoms with Crippen molar-refractivity contribution in [2.24, 2.45) is 0 Å². The van der Waals surface area contributed by atoms with Gasteiger partial charge in [-0.25, -0.2) is 8.42 Å². The summed E-state index contributed by atoms with van der Waals surface area (Å²) in [6.07, 6.45) is 4.40. The Hall–Kier alpha value is -0.130. The van der Waals surface area contributed by atoms with Gasteiger partial charge in [0.05, 0.1) is 10.9 Å². The van der Waals surface area contributed by atoms with Gasteiger partial charge in [0, 0.05) is 20.0 Å². The second kappa shape index (κ2) is 4.80. The Morgan fingerprint density at radius 2 is 2.20 bits per heavy atom. The highest BCUT2D eigenvalue weighted by molar-refractivity contribution is 7.91. The number of hydrogen-bond acceptors (Lipinski definition) is 4. The van der Waals surface area contributed by atoms with Gasteiger partial charge in [-0.05, 0) is 32.1 Å². The van der Waals surface area contributed by atoms with Crippen molar-refractivity contribution >= 4 is 9.84 Å². The van der Waals surface area contributed by atoms with Crippen molar-refractivity contribution in [3.63, 3.8) is 0 Å². The van der Waals surface area contributed by atoms with Gasteiger partial charge >= 0.3 is 0 Å². The first-order chi connectivity index (χ1) is 6.90. The normalized spacial score (nSPS) is 32.1. The lowest BCUT2D eigenvalue weighted by Gasteiger charge is -2.28. The van der Waals surface area contributed by atoms with E-state index in [0.717, 1.165) is 6.42 Å². The SMILES string of the molecule is COCCCC1(O)CCCC1S(C)(=O)=O. The van der Waals surface area contributed by atoms with Crippen molar-refractivity contribution in [2.75, 3.05) is 20.0 Å². The lowest BCUT2D eigenvalue weighted by molar-refractivity contribution is 0.0323. The monoisotopic (exact) mass is 236 g/mol. The zero-order chi connectivity index (χ0) is 11.5. The number of rotatable bonds is 5. The quantitative estimate of drug-likeness (QED) is 0.715. The molecule has 0 spiro atoms. The molecule has 2 unspecified atom stereocenters. The zero-order valence-electron chi connectivity index (χ0n) is 9.40. The third-order valence-electron chi connectivity index (χ3n) is 3.15. The molecule has 15 heavy (non-hydrogen) atoms. The van der Waals surface area contributed by atoms with Gasteiger partial charge in [-0.1, -0.05) is 0 Å². The van der Waals surface area contributed by atoms with E-state index >= 15 is 0 Å². The Kier molecular flexibility index (Phi) is 4.14. The second-order valence-electron chi connectivity index (χ2n) is 4.41. The molecule has 0 amide bonds. The summed E-state index contributed by atoms with van der Waals surface area (Å²) in [5, 5.41) is 9.70. The third-order valence-corrected chi connectivity index (χ3v) is 4.86. The van der Waals surface area contributed by atoms with Gasteiger partial charge in [0.1, 0.15) is 0 Å². The molecule has 2 atom stereocenters. The molecule has 0 radical (unpaired) electrons. The van der Waals surface area contributed by atoms with Crippen LogP contribution >= 0.6 is 0 Å². The molecule has 1 aliphatic rings. The Labute approximate surface area is 91.6 Å². The predicted octanol–water partition coefficient (Wildman–Crippen LogP) is 0.741. The highest BCUT2D eigenvalue weighted by Crippen LogP contribution is 2.37. The molecule has 0 bridgehead atoms. The minimum absolute atomic E-state index is 0.512. The number of ether oxygens (including phenoxy) is 1. The molecule has 5 heteroatoms. The number of sulfone groups is 1. The molecule has 1 fully saturated rings. The summed E-state index contributed by atoms with van der Waals surface area (Å²) < 4.78 is 27.9. The Morgan fingerprint density at radius 1 is 1.53 bits per heavy atom. The highest BCUT2D eigenvalue weighted by atomic mass is 32.2. The highest BCUT2D eigenvalue weighted by Gasteiger charge is 2.46. The van der Waals surface area contributed by atoms with Gasteiger partial charge < -0.3 is 9.84 Å². The van der Waals surface area contributed by atoms with Gasteiger partial charge in [-0.15, -0.1) is 0 Å². The van der Waals surface area contributed by atoms with Crippen molar-refractivity contribution < 1.29 is 18.3 Å². The molecule has 1 rings (SSSR count). The standard InChI is InChI=1S/C10H20O4S/c1-14-8-4-7-10(11)6-3-5-9(10)15(2,12)13/h9,11H,3-8H2,1-2H3. The fraction of sp³-hybridized carbons (Fsp3) is 1.00. The minimum atomic E-state index is -3.14. The van der Waals surface area contributed by atoms with E-state index in [0.29, 0.717) is 32.3 Å². The van der Waals surface area contributed by atoms with E-state index in [9.17, 15) is 13.5 Å². The van der Waals surface area contributed by atoms with Crippen molar-refractivity contribution in [3.05, 3.63) is 0 Å². The van der Waals surface area contributed by atoms with Crippen LogP contribution in [0, 0.1) is 0 Å². The van der Waals surface area contributed by atoms with Crippen LogP contribution in [0.1, 0.15) is 32.1 Å². The molecule has 1 aliphatic carbocycles. The summed E-state index contributed by atoms with van der Waals surface area (Å²) in [5.41, 5.74) is -1.02. The topological polar surface area (TPSA) is 63.6 Å². The van der Waals surface area contributed by atoms with Crippen LogP contribution in [0.15, 0.2) is 0 Å². The smallest absolute Gasteiger partial charge is 0.153 e. The maximum atomic E-state index is 11.5. The van der Waals surface area contributed by atoms with Crippen LogP contribution in [0.3, 0.4) is 0 Å². The van der Waals surface area contributed by atoms with Crippen molar-refractivity contribution in [2.45, 2.75) is 43.0 Å². The predicted molar refractivity (Wildman–Crippen MR) is 58.5 cm³/mol. The Morgan fingerprint density at radius 3 is 2.73 bits per heavy atom. The van der Waals surface area contributed by atoms with Crippen LogP contribution in [0.2, 0.25) is 0 Å². The van der Waals surface area contributed by atoms with Crippen LogP contribution in [-0.2, 0) is 14.6 Å². The largest absolute Gasteiger partial charge is 0.389 e. The van der Waals surface area contributed by atoms with Gasteiger partial charge in [0.2, 0.25) is 0 Å². The second-order valence-corrected chi connectivity index (χ2v) is 6.64. The van der Waals surface area contributed by atoms with E-state index in [1.807, 2.05) is 0 Å². The van der Waals surface area contributed by atoms with Gasteiger partial charge in [-0.3, -0.25) is 0 Å². The van der Waals surface area contributed by atoms with Crippen LogP contribution in [0.4, 0.5) is 0 Å². The van der Waals surface area contributed by atoms with Crippen LogP contribution in [0.25, 0.3) is 0 Å². The molecular weight excluding hydrogens is 216 g/mol. The average Bonchev–Trinajstić information content (AvgIpc) is 2.47. The minimum Gasteiger partial charge on any atom is -0.389 e. The lowest BCUT2D eigenvalue weighted by atomic mass is 9.96. The van der Waals surface area contributed by atoms with Gasteiger partial charge in [-0.2, -0.15) is 0 Å². The molecule has 0 heterocycles. The molecule has 0 aliphatic heterocycles.